The third kappa shape index (κ3) is 4.29. The van der Waals surface area contributed by atoms with Crippen LogP contribution in [0.5, 0.6) is 0 Å². The Morgan fingerprint density at radius 1 is 1.40 bits per heavy atom. The minimum atomic E-state index is -0.289. The third-order valence-electron chi connectivity index (χ3n) is 3.56. The van der Waals surface area contributed by atoms with E-state index in [1.54, 1.807) is 38.4 Å². The molecule has 0 aliphatic carbocycles. The number of amides is 2. The number of aromatic nitrogens is 3. The SMILES string of the molecule is C/C=C(\CCC#N)NC(=O)c1ccc(-c2cnn(C)c2NC=O)nc1. The molecule has 0 saturated heterocycles. The van der Waals surface area contributed by atoms with Gasteiger partial charge in [-0.2, -0.15) is 10.4 Å². The maximum absolute atomic E-state index is 12.2. The second kappa shape index (κ2) is 8.40. The number of hydrogen-bond donors (Lipinski definition) is 2. The molecule has 2 rings (SSSR count). The number of carbonyl (C=O) groups is 2. The van der Waals surface area contributed by atoms with Gasteiger partial charge in [0.15, 0.2) is 0 Å². The molecule has 0 bridgehead atoms. The predicted molar refractivity (Wildman–Crippen MR) is 92.2 cm³/mol. The monoisotopic (exact) mass is 338 g/mol. The van der Waals surface area contributed by atoms with Crippen LogP contribution in [0.15, 0.2) is 36.3 Å². The fraction of sp³-hybridized carbons (Fsp3) is 0.235. The number of hydrogen-bond acceptors (Lipinski definition) is 5. The van der Waals surface area contributed by atoms with Gasteiger partial charge in [-0.1, -0.05) is 6.08 Å². The molecule has 0 atom stereocenters. The Morgan fingerprint density at radius 3 is 2.80 bits per heavy atom. The molecule has 0 radical (unpaired) electrons. The molecule has 0 spiro atoms. The molecule has 2 heterocycles. The van der Waals surface area contributed by atoms with Crippen molar-refractivity contribution in [3.63, 3.8) is 0 Å². The van der Waals surface area contributed by atoms with Gasteiger partial charge in [0, 0.05) is 31.8 Å². The summed E-state index contributed by atoms with van der Waals surface area (Å²) < 4.78 is 1.53. The van der Waals surface area contributed by atoms with E-state index in [0.717, 1.165) is 0 Å². The van der Waals surface area contributed by atoms with Gasteiger partial charge in [-0.25, -0.2) is 0 Å². The summed E-state index contributed by atoms with van der Waals surface area (Å²) in [5.41, 5.74) is 2.34. The van der Waals surface area contributed by atoms with Gasteiger partial charge in [-0.3, -0.25) is 19.3 Å². The standard InChI is InChI=1S/C17H18N6O2/c1-3-13(5-4-8-18)22-17(25)12-6-7-15(19-9-12)14-10-21-23(2)16(14)20-11-24/h3,6-7,9-11H,4-5H2,1-2H3,(H,20,24)(H,22,25)/b13-3+. The topological polar surface area (TPSA) is 113 Å². The fourth-order valence-electron chi connectivity index (χ4n) is 2.23. The minimum Gasteiger partial charge on any atom is -0.326 e. The molecule has 25 heavy (non-hydrogen) atoms. The molecule has 2 amide bonds. The smallest absolute Gasteiger partial charge is 0.256 e. The van der Waals surface area contributed by atoms with Crippen LogP contribution in [-0.4, -0.2) is 27.1 Å². The van der Waals surface area contributed by atoms with Crippen LogP contribution in [0.3, 0.4) is 0 Å². The molecule has 2 N–H and O–H groups in total. The van der Waals surface area contributed by atoms with Crippen LogP contribution in [0.25, 0.3) is 11.3 Å². The number of nitriles is 1. The van der Waals surface area contributed by atoms with Crippen LogP contribution in [0, 0.1) is 11.3 Å². The lowest BCUT2D eigenvalue weighted by Crippen LogP contribution is -2.22. The Labute approximate surface area is 145 Å². The van der Waals surface area contributed by atoms with Crippen LogP contribution in [0.1, 0.15) is 30.1 Å². The number of nitrogens with zero attached hydrogens (tertiary/aromatic N) is 4. The van der Waals surface area contributed by atoms with E-state index in [9.17, 15) is 9.59 Å². The quantitative estimate of drug-likeness (QED) is 0.750. The molecule has 2 aromatic rings. The Bertz CT molecular complexity index is 830. The van der Waals surface area contributed by atoms with Crippen LogP contribution in [0.2, 0.25) is 0 Å². The molecule has 2 aromatic heterocycles. The highest BCUT2D eigenvalue weighted by atomic mass is 16.1. The lowest BCUT2D eigenvalue weighted by atomic mass is 10.1. The largest absolute Gasteiger partial charge is 0.326 e. The van der Waals surface area contributed by atoms with Gasteiger partial charge >= 0.3 is 0 Å². The summed E-state index contributed by atoms with van der Waals surface area (Å²) in [6.07, 6.45) is 6.21. The van der Waals surface area contributed by atoms with E-state index in [-0.39, 0.29) is 5.91 Å². The van der Waals surface area contributed by atoms with Crippen molar-refractivity contribution in [2.45, 2.75) is 19.8 Å². The Kier molecular flexibility index (Phi) is 6.01. The first-order valence-electron chi connectivity index (χ1n) is 7.62. The molecule has 0 aromatic carbocycles. The Morgan fingerprint density at radius 2 is 2.20 bits per heavy atom. The first kappa shape index (κ1) is 17.9. The van der Waals surface area contributed by atoms with Crippen LogP contribution in [0.4, 0.5) is 5.82 Å². The lowest BCUT2D eigenvalue weighted by Gasteiger charge is -2.08. The average molecular weight is 338 g/mol. The lowest BCUT2D eigenvalue weighted by molar-refractivity contribution is -0.105. The predicted octanol–water partition coefficient (Wildman–Crippen LogP) is 1.99. The van der Waals surface area contributed by atoms with E-state index >= 15 is 0 Å². The van der Waals surface area contributed by atoms with Crippen molar-refractivity contribution in [2.75, 3.05) is 5.32 Å². The number of allylic oxidation sites excluding steroid dienone is 2. The first-order chi connectivity index (χ1) is 12.1. The maximum Gasteiger partial charge on any atom is 0.256 e. The van der Waals surface area contributed by atoms with Crippen molar-refractivity contribution < 1.29 is 9.59 Å². The van der Waals surface area contributed by atoms with Gasteiger partial charge in [0.25, 0.3) is 5.91 Å². The van der Waals surface area contributed by atoms with Gasteiger partial charge < -0.3 is 10.6 Å². The van der Waals surface area contributed by atoms with Gasteiger partial charge in [0.1, 0.15) is 5.82 Å². The van der Waals surface area contributed by atoms with Crippen LogP contribution < -0.4 is 10.6 Å². The summed E-state index contributed by atoms with van der Waals surface area (Å²) in [5, 5.41) is 18.1. The highest BCUT2D eigenvalue weighted by Crippen LogP contribution is 2.25. The fourth-order valence-corrected chi connectivity index (χ4v) is 2.23. The molecule has 0 fully saturated rings. The number of anilines is 1. The minimum absolute atomic E-state index is 0.289. The van der Waals surface area contributed by atoms with E-state index in [4.69, 9.17) is 5.26 Å². The molecule has 0 aliphatic rings. The van der Waals surface area contributed by atoms with Gasteiger partial charge in [0.2, 0.25) is 6.41 Å². The number of rotatable bonds is 7. The normalized spacial score (nSPS) is 10.8. The number of nitrogens with one attached hydrogen (secondary N) is 2. The van der Waals surface area contributed by atoms with Crippen LogP contribution >= 0.6 is 0 Å². The third-order valence-corrected chi connectivity index (χ3v) is 3.56. The average Bonchev–Trinajstić information content (AvgIpc) is 2.99. The van der Waals surface area contributed by atoms with Gasteiger partial charge in [-0.15, -0.1) is 0 Å². The summed E-state index contributed by atoms with van der Waals surface area (Å²) in [4.78, 5) is 27.2. The molecular weight excluding hydrogens is 320 g/mol. The van der Waals surface area contributed by atoms with Gasteiger partial charge in [-0.05, 0) is 19.1 Å². The number of aryl methyl sites for hydroxylation is 1. The highest BCUT2D eigenvalue weighted by Gasteiger charge is 2.13. The zero-order chi connectivity index (χ0) is 18.2. The number of pyridine rings is 1. The first-order valence-corrected chi connectivity index (χ1v) is 7.62. The zero-order valence-corrected chi connectivity index (χ0v) is 14.0. The second-order valence-corrected chi connectivity index (χ2v) is 5.15. The van der Waals surface area contributed by atoms with Crippen molar-refractivity contribution in [3.8, 4) is 17.3 Å². The van der Waals surface area contributed by atoms with Crippen molar-refractivity contribution in [1.82, 2.24) is 20.1 Å². The van der Waals surface area contributed by atoms with Crippen LogP contribution in [-0.2, 0) is 11.8 Å². The molecule has 0 saturated carbocycles. The van der Waals surface area contributed by atoms with Crippen molar-refractivity contribution in [1.29, 1.82) is 5.26 Å². The van der Waals surface area contributed by atoms with Crippen molar-refractivity contribution >= 4 is 18.1 Å². The summed E-state index contributed by atoms with van der Waals surface area (Å²) in [6, 6.07) is 5.38. The highest BCUT2D eigenvalue weighted by molar-refractivity contribution is 5.95. The molecule has 8 nitrogen and oxygen atoms in total. The number of carbonyl (C=O) groups excluding carboxylic acids is 2. The van der Waals surface area contributed by atoms with E-state index < -0.39 is 0 Å². The van der Waals surface area contributed by atoms with E-state index in [1.807, 2.05) is 6.07 Å². The van der Waals surface area contributed by atoms with E-state index in [2.05, 4.69) is 20.7 Å². The Balaban J connectivity index is 2.16. The Hall–Kier alpha value is -3.47. The molecule has 0 aliphatic heterocycles. The van der Waals surface area contributed by atoms with Crippen molar-refractivity contribution in [3.05, 3.63) is 41.9 Å². The zero-order valence-electron chi connectivity index (χ0n) is 14.0. The van der Waals surface area contributed by atoms with E-state index in [1.165, 1.54) is 10.9 Å². The molecular formula is C17H18N6O2. The summed E-state index contributed by atoms with van der Waals surface area (Å²) >= 11 is 0. The summed E-state index contributed by atoms with van der Waals surface area (Å²) in [6.45, 7) is 1.80. The molecule has 0 unspecified atom stereocenters. The second-order valence-electron chi connectivity index (χ2n) is 5.15. The summed E-state index contributed by atoms with van der Waals surface area (Å²) in [7, 11) is 1.71. The van der Waals surface area contributed by atoms with E-state index in [0.29, 0.717) is 47.6 Å². The van der Waals surface area contributed by atoms with Crippen molar-refractivity contribution in [2.24, 2.45) is 7.05 Å². The van der Waals surface area contributed by atoms with Gasteiger partial charge in [0.05, 0.1) is 29.1 Å². The summed E-state index contributed by atoms with van der Waals surface area (Å²) in [5.74, 6) is 0.231. The molecule has 8 heteroatoms. The maximum atomic E-state index is 12.2. The molecule has 128 valence electrons.